The van der Waals surface area contributed by atoms with E-state index in [4.69, 9.17) is 5.11 Å². The molecule has 2 saturated heterocycles. The molecule has 23 heavy (non-hydrogen) atoms. The highest BCUT2D eigenvalue weighted by molar-refractivity contribution is 6.02. The topological polar surface area (TPSA) is 104 Å². The number of hydrogen-bond acceptors (Lipinski definition) is 4. The number of hydrogen-bond donors (Lipinski definition) is 2. The molecule has 3 amide bonds. The van der Waals surface area contributed by atoms with Crippen molar-refractivity contribution in [1.82, 2.24) is 10.2 Å². The van der Waals surface area contributed by atoms with Crippen LogP contribution >= 0.6 is 0 Å². The molecule has 7 nitrogen and oxygen atoms in total. The number of carboxylic acid groups (broad SMARTS) is 1. The fourth-order valence-electron chi connectivity index (χ4n) is 3.13. The summed E-state index contributed by atoms with van der Waals surface area (Å²) < 4.78 is 0. The first-order valence-corrected chi connectivity index (χ1v) is 7.25. The van der Waals surface area contributed by atoms with Crippen molar-refractivity contribution in [3.05, 3.63) is 23.8 Å². The minimum Gasteiger partial charge on any atom is -0.472 e. The van der Waals surface area contributed by atoms with E-state index in [1.807, 2.05) is 12.0 Å². The number of fused-ring (bicyclic) bond motifs is 1. The van der Waals surface area contributed by atoms with Crippen LogP contribution in [0.15, 0.2) is 23.8 Å². The summed E-state index contributed by atoms with van der Waals surface area (Å²) in [4.78, 5) is 47.7. The van der Waals surface area contributed by atoms with Crippen LogP contribution < -0.4 is 5.32 Å². The van der Waals surface area contributed by atoms with E-state index < -0.39 is 23.8 Å². The average molecular weight is 314 g/mol. The summed E-state index contributed by atoms with van der Waals surface area (Å²) in [6.45, 7) is 0.405. The molecular weight excluding hydrogens is 300 g/mol. The zero-order valence-electron chi connectivity index (χ0n) is 12.1. The minimum absolute atomic E-state index is 0.0664. The predicted octanol–water partition coefficient (Wildman–Crippen LogP) is -0.550. The number of rotatable bonds is 1. The summed E-state index contributed by atoms with van der Waals surface area (Å²) in [6, 6.07) is -0.624. The van der Waals surface area contributed by atoms with Crippen molar-refractivity contribution in [2.24, 2.45) is 11.8 Å². The lowest BCUT2D eigenvalue weighted by Crippen LogP contribution is -2.53. The van der Waals surface area contributed by atoms with E-state index in [-0.39, 0.29) is 24.2 Å². The summed E-state index contributed by atoms with van der Waals surface area (Å²) in [7, 11) is 0. The Labute approximate surface area is 132 Å². The summed E-state index contributed by atoms with van der Waals surface area (Å²) >= 11 is 0. The van der Waals surface area contributed by atoms with Gasteiger partial charge in [0.1, 0.15) is 6.04 Å². The molecule has 2 heterocycles. The minimum atomic E-state index is -1.23. The summed E-state index contributed by atoms with van der Waals surface area (Å²) in [6.07, 6.45) is 5.71. The first-order valence-electron chi connectivity index (χ1n) is 7.25. The molecule has 0 aromatic heterocycles. The number of carboxylic acids is 1. The molecule has 2 aliphatic heterocycles. The first kappa shape index (κ1) is 15.0. The van der Waals surface area contributed by atoms with Gasteiger partial charge in [0.15, 0.2) is 0 Å². The second-order valence-corrected chi connectivity index (χ2v) is 5.68. The second kappa shape index (κ2) is 5.72. The number of carbonyl (C=O) groups excluding carboxylic acids is 3. The molecule has 3 aliphatic rings. The number of aliphatic carboxylic acids is 1. The highest BCUT2D eigenvalue weighted by Crippen LogP contribution is 2.34. The lowest BCUT2D eigenvalue weighted by Gasteiger charge is -2.29. The van der Waals surface area contributed by atoms with Crippen LogP contribution in [0.4, 0.5) is 0 Å². The molecule has 0 spiro atoms. The van der Waals surface area contributed by atoms with Gasteiger partial charge >= 0.3 is 5.97 Å². The number of nitrogens with zero attached hydrogens (tertiary/aromatic N) is 1. The van der Waals surface area contributed by atoms with Gasteiger partial charge < -0.3 is 10.0 Å². The van der Waals surface area contributed by atoms with Gasteiger partial charge in [-0.15, -0.1) is 0 Å². The number of nitrogens with one attached hydrogen (secondary N) is 1. The van der Waals surface area contributed by atoms with Gasteiger partial charge in [0.25, 0.3) is 0 Å². The fraction of sp³-hybridized carbons (Fsp3) is 0.375. The SMILES string of the molecule is O=C(O)C#CC1=CC2C(=O)N(C3CCC(=O)NC3=O)CC2C=C1. The van der Waals surface area contributed by atoms with Crippen molar-refractivity contribution < 1.29 is 24.3 Å². The predicted molar refractivity (Wildman–Crippen MR) is 77.5 cm³/mol. The molecule has 1 aliphatic carbocycles. The van der Waals surface area contributed by atoms with Gasteiger partial charge in [0, 0.05) is 30.4 Å². The molecule has 0 bridgehead atoms. The maximum absolute atomic E-state index is 12.6. The molecule has 2 N–H and O–H groups in total. The van der Waals surface area contributed by atoms with Crippen molar-refractivity contribution in [1.29, 1.82) is 0 Å². The molecule has 2 fully saturated rings. The Balaban J connectivity index is 1.78. The third-order valence-corrected chi connectivity index (χ3v) is 4.22. The van der Waals surface area contributed by atoms with Gasteiger partial charge in [0.2, 0.25) is 17.7 Å². The van der Waals surface area contributed by atoms with Crippen LogP contribution in [-0.2, 0) is 19.2 Å². The average Bonchev–Trinajstić information content (AvgIpc) is 2.82. The van der Waals surface area contributed by atoms with Gasteiger partial charge in [-0.3, -0.25) is 19.7 Å². The van der Waals surface area contributed by atoms with Crippen LogP contribution in [0.25, 0.3) is 0 Å². The first-order chi connectivity index (χ1) is 11.0. The van der Waals surface area contributed by atoms with E-state index in [9.17, 15) is 19.2 Å². The van der Waals surface area contributed by atoms with Crippen molar-refractivity contribution in [3.8, 4) is 11.8 Å². The van der Waals surface area contributed by atoms with Gasteiger partial charge in [-0.05, 0) is 6.42 Å². The summed E-state index contributed by atoms with van der Waals surface area (Å²) in [5.74, 6) is 1.82. The number of likely N-dealkylation sites (tertiary alicyclic amines) is 1. The summed E-state index contributed by atoms with van der Waals surface area (Å²) in [5.41, 5.74) is 0.479. The van der Waals surface area contributed by atoms with Crippen molar-refractivity contribution in [2.45, 2.75) is 18.9 Å². The lowest BCUT2D eigenvalue weighted by atomic mass is 9.88. The largest absolute Gasteiger partial charge is 0.472 e. The van der Waals surface area contributed by atoms with Gasteiger partial charge in [-0.1, -0.05) is 24.1 Å². The molecule has 0 saturated carbocycles. The van der Waals surface area contributed by atoms with Crippen LogP contribution in [-0.4, -0.2) is 46.3 Å². The number of carbonyl (C=O) groups is 4. The molecule has 3 rings (SSSR count). The van der Waals surface area contributed by atoms with E-state index in [0.29, 0.717) is 18.5 Å². The monoisotopic (exact) mass is 314 g/mol. The Bertz CT molecular complexity index is 724. The Hall–Kier alpha value is -2.88. The van der Waals surface area contributed by atoms with Crippen LogP contribution in [0.1, 0.15) is 12.8 Å². The second-order valence-electron chi connectivity index (χ2n) is 5.68. The molecule has 0 aromatic rings. The summed E-state index contributed by atoms with van der Waals surface area (Å²) in [5, 5.41) is 10.8. The Morgan fingerprint density at radius 1 is 1.35 bits per heavy atom. The molecule has 3 unspecified atom stereocenters. The third-order valence-electron chi connectivity index (χ3n) is 4.22. The molecule has 7 heteroatoms. The Morgan fingerprint density at radius 3 is 2.83 bits per heavy atom. The zero-order valence-corrected chi connectivity index (χ0v) is 12.1. The van der Waals surface area contributed by atoms with E-state index in [1.54, 1.807) is 12.2 Å². The maximum atomic E-state index is 12.6. The molecule has 118 valence electrons. The quantitative estimate of drug-likeness (QED) is 0.499. The highest BCUT2D eigenvalue weighted by atomic mass is 16.4. The number of amides is 3. The molecule has 3 atom stereocenters. The Kier molecular flexibility index (Phi) is 3.74. The molecular formula is C16H14N2O5. The van der Waals surface area contributed by atoms with Crippen molar-refractivity contribution >= 4 is 23.7 Å². The number of piperidine rings is 1. The fourth-order valence-corrected chi connectivity index (χ4v) is 3.13. The molecule has 0 radical (unpaired) electrons. The smallest absolute Gasteiger partial charge is 0.382 e. The third kappa shape index (κ3) is 2.88. The van der Waals surface area contributed by atoms with Gasteiger partial charge in [0.05, 0.1) is 5.92 Å². The normalized spacial score (nSPS) is 29.4. The van der Waals surface area contributed by atoms with E-state index in [2.05, 4.69) is 11.2 Å². The van der Waals surface area contributed by atoms with Crippen LogP contribution in [0, 0.1) is 23.7 Å². The number of allylic oxidation sites excluding steroid dienone is 2. The lowest BCUT2D eigenvalue weighted by molar-refractivity contribution is -0.144. The van der Waals surface area contributed by atoms with E-state index in [1.165, 1.54) is 4.90 Å². The van der Waals surface area contributed by atoms with Gasteiger partial charge in [-0.25, -0.2) is 4.79 Å². The van der Waals surface area contributed by atoms with Gasteiger partial charge in [-0.2, -0.15) is 0 Å². The highest BCUT2D eigenvalue weighted by Gasteiger charge is 2.45. The Morgan fingerprint density at radius 2 is 2.13 bits per heavy atom. The van der Waals surface area contributed by atoms with Crippen molar-refractivity contribution in [3.63, 3.8) is 0 Å². The number of imide groups is 1. The van der Waals surface area contributed by atoms with E-state index in [0.717, 1.165) is 0 Å². The molecule has 0 aromatic carbocycles. The van der Waals surface area contributed by atoms with Crippen LogP contribution in [0.2, 0.25) is 0 Å². The zero-order chi connectivity index (χ0) is 16.6. The standard InChI is InChI=1S/C16H14N2O5/c19-13-5-4-12(15(22)17-13)18-8-10-3-1-9(2-6-14(20)21)7-11(10)16(18)23/h1,3,7,10-12H,4-5,8H2,(H,20,21)(H,17,19,22). The van der Waals surface area contributed by atoms with Crippen LogP contribution in [0.3, 0.4) is 0 Å². The van der Waals surface area contributed by atoms with Crippen LogP contribution in [0.5, 0.6) is 0 Å². The van der Waals surface area contributed by atoms with E-state index >= 15 is 0 Å². The van der Waals surface area contributed by atoms with Crippen molar-refractivity contribution in [2.75, 3.05) is 6.54 Å². The maximum Gasteiger partial charge on any atom is 0.382 e.